The molecule has 0 radical (unpaired) electrons. The summed E-state index contributed by atoms with van der Waals surface area (Å²) in [5.74, 6) is -9.60. The molecule has 2 rings (SSSR count). The first-order chi connectivity index (χ1) is 12.9. The first kappa shape index (κ1) is 21.4. The van der Waals surface area contributed by atoms with Gasteiger partial charge >= 0.3 is 5.97 Å². The molecule has 0 aromatic heterocycles. The Kier molecular flexibility index (Phi) is 8.25. The maximum Gasteiger partial charge on any atom is 0.311 e. The number of halogens is 4. The van der Waals surface area contributed by atoms with E-state index >= 15 is 0 Å². The van der Waals surface area contributed by atoms with Crippen LogP contribution in [0.4, 0.5) is 17.6 Å². The van der Waals surface area contributed by atoms with Gasteiger partial charge in [0, 0.05) is 18.4 Å². The van der Waals surface area contributed by atoms with E-state index < -0.39 is 41.4 Å². The summed E-state index contributed by atoms with van der Waals surface area (Å²) < 4.78 is 57.7. The SMILES string of the molecule is O=C(CCC(=O)C1CCCCCCCCC1)Oc1c(F)c(F)cc(F)c1F. The van der Waals surface area contributed by atoms with Crippen LogP contribution in [0.25, 0.3) is 0 Å². The summed E-state index contributed by atoms with van der Waals surface area (Å²) in [6, 6.07) is 0.0327. The van der Waals surface area contributed by atoms with Crippen LogP contribution in [0.5, 0.6) is 5.75 Å². The highest BCUT2D eigenvalue weighted by Crippen LogP contribution is 2.27. The van der Waals surface area contributed by atoms with Crippen molar-refractivity contribution in [2.24, 2.45) is 5.92 Å². The van der Waals surface area contributed by atoms with E-state index in [-0.39, 0.29) is 24.2 Å². The highest BCUT2D eigenvalue weighted by atomic mass is 19.2. The van der Waals surface area contributed by atoms with E-state index in [9.17, 15) is 27.2 Å². The number of esters is 1. The van der Waals surface area contributed by atoms with Crippen molar-refractivity contribution in [1.29, 1.82) is 0 Å². The van der Waals surface area contributed by atoms with Crippen LogP contribution in [0.1, 0.15) is 70.6 Å². The molecule has 7 heteroatoms. The molecule has 0 aliphatic heterocycles. The third-order valence-electron chi connectivity index (χ3n) is 4.92. The lowest BCUT2D eigenvalue weighted by Crippen LogP contribution is -2.19. The lowest BCUT2D eigenvalue weighted by atomic mass is 9.87. The molecule has 0 bridgehead atoms. The van der Waals surface area contributed by atoms with E-state index in [1.807, 2.05) is 0 Å². The molecule has 1 aliphatic rings. The normalized spacial score (nSPS) is 16.7. The number of Topliss-reactive ketones (excluding diaryl/α,β-unsaturated/α-hetero) is 1. The van der Waals surface area contributed by atoms with Crippen molar-refractivity contribution in [3.05, 3.63) is 29.3 Å². The summed E-state index contributed by atoms with van der Waals surface area (Å²) in [6.45, 7) is 0. The molecule has 1 fully saturated rings. The minimum Gasteiger partial charge on any atom is -0.420 e. The standard InChI is InChI=1S/C20H24F4O3/c21-14-12-15(22)19(24)20(18(14)23)27-17(26)11-10-16(25)13-8-6-4-2-1-3-5-7-9-13/h12-13H,1-11H2. The van der Waals surface area contributed by atoms with Gasteiger partial charge in [-0.3, -0.25) is 9.59 Å². The van der Waals surface area contributed by atoms with E-state index in [0.29, 0.717) is 0 Å². The van der Waals surface area contributed by atoms with Gasteiger partial charge in [-0.2, -0.15) is 8.78 Å². The lowest BCUT2D eigenvalue weighted by molar-refractivity contribution is -0.137. The number of hydrogen-bond donors (Lipinski definition) is 0. The predicted molar refractivity (Wildman–Crippen MR) is 91.2 cm³/mol. The minimum absolute atomic E-state index is 0.0327. The number of benzene rings is 1. The highest BCUT2D eigenvalue weighted by Gasteiger charge is 2.24. The van der Waals surface area contributed by atoms with Crippen LogP contribution in [0.15, 0.2) is 6.07 Å². The Morgan fingerprint density at radius 1 is 0.815 bits per heavy atom. The molecule has 27 heavy (non-hydrogen) atoms. The van der Waals surface area contributed by atoms with E-state index in [1.54, 1.807) is 0 Å². The molecule has 1 aliphatic carbocycles. The average Bonchev–Trinajstić information content (AvgIpc) is 2.65. The Balaban J connectivity index is 1.90. The van der Waals surface area contributed by atoms with Gasteiger partial charge in [0.15, 0.2) is 11.6 Å². The molecule has 0 saturated heterocycles. The van der Waals surface area contributed by atoms with Crippen LogP contribution in [0.2, 0.25) is 0 Å². The number of hydrogen-bond acceptors (Lipinski definition) is 3. The molecule has 1 aromatic carbocycles. The fourth-order valence-corrected chi connectivity index (χ4v) is 3.37. The van der Waals surface area contributed by atoms with Gasteiger partial charge in [-0.25, -0.2) is 8.78 Å². The second kappa shape index (κ2) is 10.4. The topological polar surface area (TPSA) is 43.4 Å². The summed E-state index contributed by atoms with van der Waals surface area (Å²) in [5, 5.41) is 0. The first-order valence-electron chi connectivity index (χ1n) is 9.46. The average molecular weight is 388 g/mol. The summed E-state index contributed by atoms with van der Waals surface area (Å²) in [4.78, 5) is 24.2. The molecule has 150 valence electrons. The molecular formula is C20H24F4O3. The Morgan fingerprint density at radius 2 is 1.30 bits per heavy atom. The number of ketones is 1. The Bertz CT molecular complexity index is 639. The largest absolute Gasteiger partial charge is 0.420 e. The Hall–Kier alpha value is -1.92. The Morgan fingerprint density at radius 3 is 1.81 bits per heavy atom. The molecule has 0 heterocycles. The van der Waals surface area contributed by atoms with Gasteiger partial charge in [0.2, 0.25) is 17.4 Å². The van der Waals surface area contributed by atoms with E-state index in [1.165, 1.54) is 6.42 Å². The Labute approximate surface area is 156 Å². The molecule has 1 saturated carbocycles. The van der Waals surface area contributed by atoms with Crippen LogP contribution >= 0.6 is 0 Å². The van der Waals surface area contributed by atoms with Gasteiger partial charge in [-0.15, -0.1) is 0 Å². The van der Waals surface area contributed by atoms with Gasteiger partial charge in [0.25, 0.3) is 0 Å². The third-order valence-corrected chi connectivity index (χ3v) is 4.92. The molecule has 0 unspecified atom stereocenters. The quantitative estimate of drug-likeness (QED) is 0.284. The van der Waals surface area contributed by atoms with Crippen molar-refractivity contribution in [1.82, 2.24) is 0 Å². The highest BCUT2D eigenvalue weighted by molar-refractivity contribution is 5.85. The molecule has 0 atom stereocenters. The maximum absolute atomic E-state index is 13.5. The molecule has 0 N–H and O–H groups in total. The van der Waals surface area contributed by atoms with Crippen molar-refractivity contribution >= 4 is 11.8 Å². The van der Waals surface area contributed by atoms with Crippen molar-refractivity contribution in [3.8, 4) is 5.75 Å². The molecule has 1 aromatic rings. The summed E-state index contributed by atoms with van der Waals surface area (Å²) in [5.41, 5.74) is 0. The fourth-order valence-electron chi connectivity index (χ4n) is 3.37. The molecular weight excluding hydrogens is 364 g/mol. The van der Waals surface area contributed by atoms with Crippen LogP contribution in [-0.4, -0.2) is 11.8 Å². The summed E-state index contributed by atoms with van der Waals surface area (Å²) >= 11 is 0. The van der Waals surface area contributed by atoms with Crippen molar-refractivity contribution in [3.63, 3.8) is 0 Å². The first-order valence-corrected chi connectivity index (χ1v) is 9.46. The number of carbonyl (C=O) groups excluding carboxylic acids is 2. The number of rotatable bonds is 5. The number of carbonyl (C=O) groups is 2. The van der Waals surface area contributed by atoms with Crippen LogP contribution in [0.3, 0.4) is 0 Å². The van der Waals surface area contributed by atoms with Crippen LogP contribution < -0.4 is 4.74 Å². The maximum atomic E-state index is 13.5. The molecule has 3 nitrogen and oxygen atoms in total. The number of ether oxygens (including phenoxy) is 1. The summed E-state index contributed by atoms with van der Waals surface area (Å²) in [7, 11) is 0. The molecule has 0 amide bonds. The second-order valence-corrected chi connectivity index (χ2v) is 6.99. The van der Waals surface area contributed by atoms with Crippen molar-refractivity contribution in [2.75, 3.05) is 0 Å². The van der Waals surface area contributed by atoms with Crippen LogP contribution in [0, 0.1) is 29.2 Å². The monoisotopic (exact) mass is 388 g/mol. The van der Waals surface area contributed by atoms with E-state index in [4.69, 9.17) is 0 Å². The lowest BCUT2D eigenvalue weighted by Gasteiger charge is -2.17. The smallest absolute Gasteiger partial charge is 0.311 e. The second-order valence-electron chi connectivity index (χ2n) is 6.99. The van der Waals surface area contributed by atoms with E-state index in [0.717, 1.165) is 51.4 Å². The van der Waals surface area contributed by atoms with Gasteiger partial charge in [0.05, 0.1) is 6.42 Å². The third kappa shape index (κ3) is 6.33. The summed E-state index contributed by atoms with van der Waals surface area (Å²) in [6.07, 6.45) is 8.64. The van der Waals surface area contributed by atoms with Crippen molar-refractivity contribution < 1.29 is 31.9 Å². The van der Waals surface area contributed by atoms with Gasteiger partial charge in [-0.1, -0.05) is 44.9 Å². The van der Waals surface area contributed by atoms with Gasteiger partial charge in [0.1, 0.15) is 5.78 Å². The van der Waals surface area contributed by atoms with Crippen molar-refractivity contribution in [2.45, 2.75) is 70.6 Å². The zero-order chi connectivity index (χ0) is 19.8. The molecule has 0 spiro atoms. The van der Waals surface area contributed by atoms with Crippen LogP contribution in [-0.2, 0) is 9.59 Å². The zero-order valence-corrected chi connectivity index (χ0v) is 15.2. The van der Waals surface area contributed by atoms with Gasteiger partial charge < -0.3 is 4.74 Å². The van der Waals surface area contributed by atoms with Gasteiger partial charge in [-0.05, 0) is 12.8 Å². The fraction of sp³-hybridized carbons (Fsp3) is 0.600. The minimum atomic E-state index is -1.78. The predicted octanol–water partition coefficient (Wildman–Crippen LogP) is 5.64. The van der Waals surface area contributed by atoms with E-state index in [2.05, 4.69) is 4.74 Å². The zero-order valence-electron chi connectivity index (χ0n) is 15.2.